The van der Waals surface area contributed by atoms with E-state index in [9.17, 15) is 5.11 Å². The predicted molar refractivity (Wildman–Crippen MR) is 65.2 cm³/mol. The summed E-state index contributed by atoms with van der Waals surface area (Å²) in [5.41, 5.74) is 2.15. The SMILES string of the molecule is CCC(O)c1ccccc1N(C)C(C)C. The molecule has 15 heavy (non-hydrogen) atoms. The first kappa shape index (κ1) is 12.1. The highest BCUT2D eigenvalue weighted by atomic mass is 16.3. The van der Waals surface area contributed by atoms with Gasteiger partial charge in [0.15, 0.2) is 0 Å². The van der Waals surface area contributed by atoms with Gasteiger partial charge in [-0.3, -0.25) is 0 Å². The number of benzene rings is 1. The molecule has 0 aliphatic heterocycles. The molecule has 1 rings (SSSR count). The summed E-state index contributed by atoms with van der Waals surface area (Å²) in [4.78, 5) is 2.19. The Labute approximate surface area is 92.5 Å². The van der Waals surface area contributed by atoms with E-state index in [1.807, 2.05) is 25.1 Å². The Balaban J connectivity index is 3.06. The minimum atomic E-state index is -0.359. The number of aliphatic hydroxyl groups is 1. The maximum atomic E-state index is 9.91. The van der Waals surface area contributed by atoms with Crippen LogP contribution in [0, 0.1) is 0 Å². The molecule has 2 nitrogen and oxygen atoms in total. The zero-order chi connectivity index (χ0) is 11.4. The highest BCUT2D eigenvalue weighted by Gasteiger charge is 2.14. The summed E-state index contributed by atoms with van der Waals surface area (Å²) >= 11 is 0. The van der Waals surface area contributed by atoms with Gasteiger partial charge in [-0.25, -0.2) is 0 Å². The second kappa shape index (κ2) is 5.17. The Morgan fingerprint density at radius 1 is 1.27 bits per heavy atom. The van der Waals surface area contributed by atoms with Gasteiger partial charge in [-0.1, -0.05) is 25.1 Å². The van der Waals surface area contributed by atoms with E-state index in [0.717, 1.165) is 17.7 Å². The molecule has 1 aromatic rings. The van der Waals surface area contributed by atoms with Gasteiger partial charge in [-0.05, 0) is 26.3 Å². The lowest BCUT2D eigenvalue weighted by molar-refractivity contribution is 0.174. The molecule has 0 heterocycles. The van der Waals surface area contributed by atoms with Crippen LogP contribution < -0.4 is 4.90 Å². The Hall–Kier alpha value is -1.02. The normalized spacial score (nSPS) is 12.9. The Kier molecular flexibility index (Phi) is 4.15. The van der Waals surface area contributed by atoms with Crippen LogP contribution in [0.1, 0.15) is 38.9 Å². The summed E-state index contributed by atoms with van der Waals surface area (Å²) in [5.74, 6) is 0. The third-order valence-corrected chi connectivity index (χ3v) is 2.84. The van der Waals surface area contributed by atoms with Crippen molar-refractivity contribution in [2.24, 2.45) is 0 Å². The van der Waals surface area contributed by atoms with Crippen molar-refractivity contribution in [2.75, 3.05) is 11.9 Å². The fourth-order valence-corrected chi connectivity index (χ4v) is 1.59. The molecule has 1 N–H and O–H groups in total. The Morgan fingerprint density at radius 2 is 1.87 bits per heavy atom. The van der Waals surface area contributed by atoms with Gasteiger partial charge in [-0.15, -0.1) is 0 Å². The van der Waals surface area contributed by atoms with E-state index in [1.165, 1.54) is 0 Å². The van der Waals surface area contributed by atoms with Crippen LogP contribution in [0.2, 0.25) is 0 Å². The molecule has 2 heteroatoms. The minimum absolute atomic E-state index is 0.359. The van der Waals surface area contributed by atoms with Gasteiger partial charge in [0.05, 0.1) is 6.10 Å². The van der Waals surface area contributed by atoms with E-state index in [1.54, 1.807) is 0 Å². The predicted octanol–water partition coefficient (Wildman–Crippen LogP) is 2.97. The summed E-state index contributed by atoms with van der Waals surface area (Å²) in [5, 5.41) is 9.91. The minimum Gasteiger partial charge on any atom is -0.388 e. The first-order valence-electron chi connectivity index (χ1n) is 5.57. The van der Waals surface area contributed by atoms with Crippen LogP contribution >= 0.6 is 0 Å². The zero-order valence-corrected chi connectivity index (χ0v) is 10.1. The van der Waals surface area contributed by atoms with Gasteiger partial charge < -0.3 is 10.0 Å². The fourth-order valence-electron chi connectivity index (χ4n) is 1.59. The topological polar surface area (TPSA) is 23.5 Å². The Bertz CT molecular complexity index is 309. The zero-order valence-electron chi connectivity index (χ0n) is 10.1. The molecule has 0 saturated heterocycles. The Morgan fingerprint density at radius 3 is 2.40 bits per heavy atom. The third kappa shape index (κ3) is 2.72. The van der Waals surface area contributed by atoms with Gasteiger partial charge >= 0.3 is 0 Å². The molecule has 1 aromatic carbocycles. The molecule has 0 aliphatic carbocycles. The molecule has 0 bridgehead atoms. The number of anilines is 1. The van der Waals surface area contributed by atoms with Gasteiger partial charge in [0.25, 0.3) is 0 Å². The number of hydrogen-bond donors (Lipinski definition) is 1. The van der Waals surface area contributed by atoms with Crippen molar-refractivity contribution in [2.45, 2.75) is 39.3 Å². The van der Waals surface area contributed by atoms with Crippen LogP contribution in [0.3, 0.4) is 0 Å². The van der Waals surface area contributed by atoms with Crippen LogP contribution in [0.4, 0.5) is 5.69 Å². The smallest absolute Gasteiger partial charge is 0.0807 e. The largest absolute Gasteiger partial charge is 0.388 e. The summed E-state index contributed by atoms with van der Waals surface area (Å²) < 4.78 is 0. The number of para-hydroxylation sites is 1. The first-order chi connectivity index (χ1) is 7.07. The van der Waals surface area contributed by atoms with E-state index < -0.39 is 0 Å². The van der Waals surface area contributed by atoms with Crippen molar-refractivity contribution >= 4 is 5.69 Å². The summed E-state index contributed by atoms with van der Waals surface area (Å²) in [6.45, 7) is 6.29. The maximum Gasteiger partial charge on any atom is 0.0807 e. The lowest BCUT2D eigenvalue weighted by atomic mass is 10.0. The van der Waals surface area contributed by atoms with Crippen LogP contribution in [-0.4, -0.2) is 18.2 Å². The summed E-state index contributed by atoms with van der Waals surface area (Å²) in [6.07, 6.45) is 0.394. The van der Waals surface area contributed by atoms with Crippen LogP contribution in [0.5, 0.6) is 0 Å². The molecular formula is C13H21NO. The summed E-state index contributed by atoms with van der Waals surface area (Å²) in [7, 11) is 2.06. The molecule has 0 aromatic heterocycles. The molecule has 0 radical (unpaired) electrons. The molecule has 0 aliphatic rings. The van der Waals surface area contributed by atoms with Crippen molar-refractivity contribution < 1.29 is 5.11 Å². The van der Waals surface area contributed by atoms with Crippen LogP contribution in [0.15, 0.2) is 24.3 Å². The molecule has 1 atom stereocenters. The second-order valence-corrected chi connectivity index (χ2v) is 4.19. The van der Waals surface area contributed by atoms with Gasteiger partial charge in [0.2, 0.25) is 0 Å². The maximum absolute atomic E-state index is 9.91. The third-order valence-electron chi connectivity index (χ3n) is 2.84. The number of nitrogens with zero attached hydrogens (tertiary/aromatic N) is 1. The quantitative estimate of drug-likeness (QED) is 0.820. The fraction of sp³-hybridized carbons (Fsp3) is 0.538. The van der Waals surface area contributed by atoms with Crippen LogP contribution in [0.25, 0.3) is 0 Å². The van der Waals surface area contributed by atoms with E-state index in [2.05, 4.69) is 31.9 Å². The van der Waals surface area contributed by atoms with Crippen molar-refractivity contribution in [1.29, 1.82) is 0 Å². The van der Waals surface area contributed by atoms with Gasteiger partial charge in [0.1, 0.15) is 0 Å². The van der Waals surface area contributed by atoms with E-state index >= 15 is 0 Å². The van der Waals surface area contributed by atoms with E-state index in [-0.39, 0.29) is 6.10 Å². The summed E-state index contributed by atoms with van der Waals surface area (Å²) in [6, 6.07) is 8.50. The van der Waals surface area contributed by atoms with Gasteiger partial charge in [0, 0.05) is 24.3 Å². The van der Waals surface area contributed by atoms with Crippen molar-refractivity contribution in [3.8, 4) is 0 Å². The number of hydrogen-bond acceptors (Lipinski definition) is 2. The lowest BCUT2D eigenvalue weighted by Gasteiger charge is -2.27. The molecule has 84 valence electrons. The molecule has 0 amide bonds. The molecule has 0 saturated carbocycles. The van der Waals surface area contributed by atoms with Crippen molar-refractivity contribution in [3.63, 3.8) is 0 Å². The van der Waals surface area contributed by atoms with Crippen molar-refractivity contribution in [1.82, 2.24) is 0 Å². The second-order valence-electron chi connectivity index (χ2n) is 4.19. The van der Waals surface area contributed by atoms with Crippen molar-refractivity contribution in [3.05, 3.63) is 29.8 Å². The highest BCUT2D eigenvalue weighted by molar-refractivity contribution is 5.54. The molecular weight excluding hydrogens is 186 g/mol. The number of rotatable bonds is 4. The van der Waals surface area contributed by atoms with Gasteiger partial charge in [-0.2, -0.15) is 0 Å². The lowest BCUT2D eigenvalue weighted by Crippen LogP contribution is -2.27. The van der Waals surface area contributed by atoms with E-state index in [0.29, 0.717) is 6.04 Å². The van der Waals surface area contributed by atoms with E-state index in [4.69, 9.17) is 0 Å². The molecule has 0 spiro atoms. The standard InChI is InChI=1S/C13H21NO/c1-5-13(15)11-8-6-7-9-12(11)14(4)10(2)3/h6-10,13,15H,5H2,1-4H3. The monoisotopic (exact) mass is 207 g/mol. The highest BCUT2D eigenvalue weighted by Crippen LogP contribution is 2.28. The van der Waals surface area contributed by atoms with Crippen LogP contribution in [-0.2, 0) is 0 Å². The molecule has 0 fully saturated rings. The first-order valence-corrected chi connectivity index (χ1v) is 5.57. The average Bonchev–Trinajstić information content (AvgIpc) is 2.27. The molecule has 1 unspecified atom stereocenters. The number of aliphatic hydroxyl groups excluding tert-OH is 1. The average molecular weight is 207 g/mol.